The first-order valence-corrected chi connectivity index (χ1v) is 6.69. The number of nitrogens with one attached hydrogen (secondary N) is 1. The molecule has 0 bridgehead atoms. The molecule has 1 amide bonds. The van der Waals surface area contributed by atoms with Crippen LogP contribution in [0, 0.1) is 5.41 Å². The van der Waals surface area contributed by atoms with Gasteiger partial charge in [0.15, 0.2) is 0 Å². The lowest BCUT2D eigenvalue weighted by Crippen LogP contribution is -2.16. The van der Waals surface area contributed by atoms with E-state index in [1.54, 1.807) is 18.2 Å². The molecule has 0 aliphatic rings. The minimum Gasteiger partial charge on any atom is -0.456 e. The molecule has 114 valence electrons. The number of fused-ring (bicyclic) bond motifs is 2. The number of hydrogen-bond acceptors (Lipinski definition) is 5. The van der Waals surface area contributed by atoms with Crippen LogP contribution in [0.5, 0.6) is 0 Å². The second-order valence-electron chi connectivity index (χ2n) is 4.80. The van der Waals surface area contributed by atoms with Crippen LogP contribution in [0.1, 0.15) is 20.7 Å². The number of ether oxygens (including phenoxy) is 1. The van der Waals surface area contributed by atoms with Gasteiger partial charge in [0.05, 0.1) is 28.1 Å². The topological polar surface area (TPSA) is 106 Å². The van der Waals surface area contributed by atoms with Gasteiger partial charge in [-0.05, 0) is 30.3 Å². The zero-order valence-electron chi connectivity index (χ0n) is 12.0. The first-order chi connectivity index (χ1) is 11.0. The summed E-state index contributed by atoms with van der Waals surface area (Å²) in [6.07, 6.45) is 1.03. The van der Waals surface area contributed by atoms with Crippen LogP contribution in [-0.4, -0.2) is 11.9 Å². The standard InChI is InChI=1S/C17H12N2O4/c1-2-22-17(21)9-6-7-12-11(8-9)15(18)14-10(16(19)20)4-3-5-13(14)23-12/h2-8,18H,1H2,(H2,19,20). The van der Waals surface area contributed by atoms with E-state index in [4.69, 9.17) is 20.3 Å². The molecule has 0 unspecified atom stereocenters. The first kappa shape index (κ1) is 14.5. The molecule has 6 heteroatoms. The normalized spacial score (nSPS) is 10.6. The highest BCUT2D eigenvalue weighted by Crippen LogP contribution is 2.22. The van der Waals surface area contributed by atoms with E-state index in [0.717, 1.165) is 6.26 Å². The third-order valence-electron chi connectivity index (χ3n) is 3.44. The molecule has 3 N–H and O–H groups in total. The lowest BCUT2D eigenvalue weighted by Gasteiger charge is -2.07. The van der Waals surface area contributed by atoms with Gasteiger partial charge in [-0.25, -0.2) is 4.79 Å². The van der Waals surface area contributed by atoms with Gasteiger partial charge >= 0.3 is 5.97 Å². The summed E-state index contributed by atoms with van der Waals surface area (Å²) in [7, 11) is 0. The monoisotopic (exact) mass is 308 g/mol. The molecular formula is C17H12N2O4. The number of primary amides is 1. The van der Waals surface area contributed by atoms with Gasteiger partial charge in [-0.1, -0.05) is 12.6 Å². The van der Waals surface area contributed by atoms with Crippen molar-refractivity contribution in [2.45, 2.75) is 0 Å². The summed E-state index contributed by atoms with van der Waals surface area (Å²) < 4.78 is 10.4. The van der Waals surface area contributed by atoms with E-state index in [2.05, 4.69) is 6.58 Å². The third kappa shape index (κ3) is 2.36. The third-order valence-corrected chi connectivity index (χ3v) is 3.44. The summed E-state index contributed by atoms with van der Waals surface area (Å²) >= 11 is 0. The summed E-state index contributed by atoms with van der Waals surface area (Å²) in [6, 6.07) is 9.39. The van der Waals surface area contributed by atoms with Crippen molar-refractivity contribution in [3.05, 3.63) is 65.7 Å². The van der Waals surface area contributed by atoms with Crippen molar-refractivity contribution in [2.75, 3.05) is 0 Å². The number of esters is 1. The number of rotatable bonds is 3. The number of hydrogen-bond donors (Lipinski definition) is 2. The fourth-order valence-electron chi connectivity index (χ4n) is 2.42. The molecule has 0 spiro atoms. The van der Waals surface area contributed by atoms with Crippen LogP contribution >= 0.6 is 0 Å². The van der Waals surface area contributed by atoms with Gasteiger partial charge in [0, 0.05) is 5.39 Å². The molecule has 0 saturated carbocycles. The van der Waals surface area contributed by atoms with Gasteiger partial charge in [-0.2, -0.15) is 0 Å². The van der Waals surface area contributed by atoms with E-state index in [9.17, 15) is 9.59 Å². The zero-order valence-corrected chi connectivity index (χ0v) is 12.0. The Morgan fingerprint density at radius 1 is 1.22 bits per heavy atom. The molecule has 23 heavy (non-hydrogen) atoms. The smallest absolute Gasteiger partial charge is 0.342 e. The van der Waals surface area contributed by atoms with Crippen LogP contribution in [0.15, 0.2) is 53.7 Å². The molecule has 0 atom stereocenters. The predicted molar refractivity (Wildman–Crippen MR) is 83.7 cm³/mol. The molecule has 0 aliphatic carbocycles. The summed E-state index contributed by atoms with van der Waals surface area (Å²) in [4.78, 5) is 23.4. The first-order valence-electron chi connectivity index (χ1n) is 6.69. The van der Waals surface area contributed by atoms with Crippen molar-refractivity contribution in [1.29, 1.82) is 5.41 Å². The van der Waals surface area contributed by atoms with Crippen LogP contribution in [0.3, 0.4) is 0 Å². The Balaban J connectivity index is 2.38. The molecular weight excluding hydrogens is 296 g/mol. The Bertz CT molecular complexity index is 1030. The second-order valence-corrected chi connectivity index (χ2v) is 4.80. The van der Waals surface area contributed by atoms with E-state index in [0.29, 0.717) is 21.9 Å². The molecule has 1 aromatic heterocycles. The summed E-state index contributed by atoms with van der Waals surface area (Å²) in [5.41, 5.74) is 6.59. The highest BCUT2D eigenvalue weighted by Gasteiger charge is 2.14. The van der Waals surface area contributed by atoms with Crippen molar-refractivity contribution in [1.82, 2.24) is 0 Å². The predicted octanol–water partition coefficient (Wildman–Crippen LogP) is 2.46. The Hall–Kier alpha value is -3.41. The Morgan fingerprint density at radius 3 is 2.70 bits per heavy atom. The Morgan fingerprint density at radius 2 is 2.00 bits per heavy atom. The molecule has 0 saturated heterocycles. The van der Waals surface area contributed by atoms with E-state index >= 15 is 0 Å². The van der Waals surface area contributed by atoms with E-state index in [1.807, 2.05) is 0 Å². The molecule has 1 heterocycles. The maximum Gasteiger partial charge on any atom is 0.342 e. The van der Waals surface area contributed by atoms with Crippen LogP contribution < -0.4 is 11.1 Å². The quantitative estimate of drug-likeness (QED) is 0.440. The minimum absolute atomic E-state index is 0.0592. The SMILES string of the molecule is C=COC(=O)c1ccc2oc3cccc(C(N)=O)c3c(=N)c2c1. The van der Waals surface area contributed by atoms with Crippen LogP contribution in [0.4, 0.5) is 0 Å². The number of nitrogens with two attached hydrogens (primary N) is 1. The van der Waals surface area contributed by atoms with Crippen molar-refractivity contribution < 1.29 is 18.7 Å². The molecule has 3 aromatic rings. The fraction of sp³-hybridized carbons (Fsp3) is 0. The number of benzene rings is 2. The van der Waals surface area contributed by atoms with Crippen molar-refractivity contribution >= 4 is 33.8 Å². The number of amides is 1. The van der Waals surface area contributed by atoms with E-state index in [-0.39, 0.29) is 16.5 Å². The molecule has 3 rings (SSSR count). The maximum absolute atomic E-state index is 11.8. The molecule has 0 aliphatic heterocycles. The van der Waals surface area contributed by atoms with Gasteiger partial charge in [0.2, 0.25) is 5.91 Å². The summed E-state index contributed by atoms with van der Waals surface area (Å²) in [6.45, 7) is 3.33. The highest BCUT2D eigenvalue weighted by molar-refractivity contribution is 6.07. The second kappa shape index (κ2) is 5.42. The molecule has 2 aromatic carbocycles. The fourth-order valence-corrected chi connectivity index (χ4v) is 2.42. The summed E-state index contributed by atoms with van der Waals surface area (Å²) in [5, 5.41) is 9.11. The van der Waals surface area contributed by atoms with Gasteiger partial charge in [0.25, 0.3) is 0 Å². The molecule has 0 fully saturated rings. The van der Waals surface area contributed by atoms with Crippen LogP contribution in [0.25, 0.3) is 21.9 Å². The van der Waals surface area contributed by atoms with Crippen molar-refractivity contribution in [3.63, 3.8) is 0 Å². The number of carbonyl (C=O) groups is 2. The Kier molecular flexibility index (Phi) is 3.42. The number of carbonyl (C=O) groups excluding carboxylic acids is 2. The largest absolute Gasteiger partial charge is 0.456 e. The Labute approximate surface area is 130 Å². The zero-order chi connectivity index (χ0) is 16.6. The maximum atomic E-state index is 11.8. The average molecular weight is 308 g/mol. The molecule has 6 nitrogen and oxygen atoms in total. The lowest BCUT2D eigenvalue weighted by molar-refractivity contribution is 0.0664. The van der Waals surface area contributed by atoms with Gasteiger partial charge in [-0.3, -0.25) is 10.2 Å². The summed E-state index contributed by atoms with van der Waals surface area (Å²) in [5.74, 6) is -1.24. The van der Waals surface area contributed by atoms with Crippen LogP contribution in [0.2, 0.25) is 0 Å². The van der Waals surface area contributed by atoms with Crippen LogP contribution in [-0.2, 0) is 4.74 Å². The minimum atomic E-state index is -0.652. The van der Waals surface area contributed by atoms with Crippen molar-refractivity contribution in [3.8, 4) is 0 Å². The van der Waals surface area contributed by atoms with E-state index < -0.39 is 11.9 Å². The highest BCUT2D eigenvalue weighted by atomic mass is 16.5. The van der Waals surface area contributed by atoms with E-state index in [1.165, 1.54) is 18.2 Å². The lowest BCUT2D eigenvalue weighted by atomic mass is 10.0. The van der Waals surface area contributed by atoms with Gasteiger partial charge in [-0.15, -0.1) is 0 Å². The van der Waals surface area contributed by atoms with Crippen molar-refractivity contribution in [2.24, 2.45) is 5.73 Å². The van der Waals surface area contributed by atoms with Gasteiger partial charge < -0.3 is 14.9 Å². The molecule has 0 radical (unpaired) electrons. The van der Waals surface area contributed by atoms with Gasteiger partial charge in [0.1, 0.15) is 11.2 Å². The average Bonchev–Trinajstić information content (AvgIpc) is 2.54.